The van der Waals surface area contributed by atoms with Crippen molar-refractivity contribution in [3.8, 4) is 0 Å². The number of methoxy groups -OCH3 is 1. The lowest BCUT2D eigenvalue weighted by Gasteiger charge is -2.13. The van der Waals surface area contributed by atoms with Crippen LogP contribution in [0.1, 0.15) is 12.0 Å². The van der Waals surface area contributed by atoms with E-state index in [1.54, 1.807) is 11.6 Å². The van der Waals surface area contributed by atoms with Crippen LogP contribution in [0.5, 0.6) is 0 Å². The molecule has 19 heavy (non-hydrogen) atoms. The SMILES string of the molecule is COCC(O)CCNc1c(C)c(Cl)nc2ncnn12. The molecule has 0 aliphatic carbocycles. The number of nitrogens with one attached hydrogen (secondary N) is 1. The summed E-state index contributed by atoms with van der Waals surface area (Å²) in [4.78, 5) is 8.11. The third kappa shape index (κ3) is 3.12. The Morgan fingerprint density at radius 3 is 3.11 bits per heavy atom. The summed E-state index contributed by atoms with van der Waals surface area (Å²) < 4.78 is 6.46. The second kappa shape index (κ2) is 6.14. The number of aliphatic hydroxyl groups excluding tert-OH is 1. The van der Waals surface area contributed by atoms with Gasteiger partial charge in [-0.25, -0.2) is 0 Å². The zero-order valence-corrected chi connectivity index (χ0v) is 11.6. The zero-order valence-electron chi connectivity index (χ0n) is 10.8. The summed E-state index contributed by atoms with van der Waals surface area (Å²) in [6, 6.07) is 0. The molecule has 0 aliphatic rings. The molecule has 1 unspecified atom stereocenters. The Hall–Kier alpha value is -1.44. The number of aliphatic hydroxyl groups is 1. The smallest absolute Gasteiger partial charge is 0.255 e. The van der Waals surface area contributed by atoms with Crippen molar-refractivity contribution in [2.45, 2.75) is 19.4 Å². The predicted octanol–water partition coefficient (Wildman–Crippen LogP) is 0.895. The minimum Gasteiger partial charge on any atom is -0.391 e. The van der Waals surface area contributed by atoms with Gasteiger partial charge in [-0.2, -0.15) is 19.6 Å². The molecule has 0 fully saturated rings. The molecule has 0 bridgehead atoms. The molecule has 0 spiro atoms. The maximum Gasteiger partial charge on any atom is 0.255 e. The Labute approximate surface area is 115 Å². The van der Waals surface area contributed by atoms with E-state index in [2.05, 4.69) is 20.4 Å². The molecule has 2 heterocycles. The van der Waals surface area contributed by atoms with Gasteiger partial charge in [-0.1, -0.05) is 11.6 Å². The lowest BCUT2D eigenvalue weighted by atomic mass is 10.2. The molecule has 8 heteroatoms. The first-order valence-corrected chi connectivity index (χ1v) is 6.28. The summed E-state index contributed by atoms with van der Waals surface area (Å²) >= 11 is 6.04. The van der Waals surface area contributed by atoms with Crippen LogP contribution in [0.15, 0.2) is 6.33 Å². The van der Waals surface area contributed by atoms with Crippen LogP contribution >= 0.6 is 11.6 Å². The van der Waals surface area contributed by atoms with Crippen molar-refractivity contribution in [1.29, 1.82) is 0 Å². The van der Waals surface area contributed by atoms with E-state index < -0.39 is 6.10 Å². The average molecular weight is 286 g/mol. The number of halogens is 1. The molecule has 2 N–H and O–H groups in total. The van der Waals surface area contributed by atoms with Crippen LogP contribution in [0.4, 0.5) is 5.82 Å². The van der Waals surface area contributed by atoms with Crippen molar-refractivity contribution < 1.29 is 9.84 Å². The highest BCUT2D eigenvalue weighted by Gasteiger charge is 2.12. The Morgan fingerprint density at radius 2 is 2.37 bits per heavy atom. The molecule has 0 aliphatic heterocycles. The highest BCUT2D eigenvalue weighted by molar-refractivity contribution is 6.30. The molecule has 0 saturated heterocycles. The number of nitrogens with zero attached hydrogens (tertiary/aromatic N) is 4. The van der Waals surface area contributed by atoms with Crippen LogP contribution in [0.3, 0.4) is 0 Å². The average Bonchev–Trinajstić information content (AvgIpc) is 2.82. The normalized spacial score (nSPS) is 12.8. The fourth-order valence-corrected chi connectivity index (χ4v) is 1.90. The van der Waals surface area contributed by atoms with Gasteiger partial charge in [0.2, 0.25) is 0 Å². The number of aromatic nitrogens is 4. The van der Waals surface area contributed by atoms with Crippen LogP contribution in [0.25, 0.3) is 5.78 Å². The van der Waals surface area contributed by atoms with Gasteiger partial charge in [0.1, 0.15) is 17.3 Å². The molecule has 2 rings (SSSR count). The highest BCUT2D eigenvalue weighted by atomic mass is 35.5. The fraction of sp³-hybridized carbons (Fsp3) is 0.545. The molecule has 7 nitrogen and oxygen atoms in total. The largest absolute Gasteiger partial charge is 0.391 e. The standard InChI is InChI=1S/C11H16ClN5O2/c1-7-9(12)16-11-14-6-15-17(11)10(7)13-4-3-8(18)5-19-2/h6,8,13,18H,3-5H2,1-2H3. The third-order valence-corrected chi connectivity index (χ3v) is 3.10. The molecular formula is C11H16ClN5O2. The number of fused-ring (bicyclic) bond motifs is 1. The van der Waals surface area contributed by atoms with Crippen molar-refractivity contribution in [3.05, 3.63) is 17.0 Å². The predicted molar refractivity (Wildman–Crippen MR) is 71.5 cm³/mol. The van der Waals surface area contributed by atoms with Crippen molar-refractivity contribution >= 4 is 23.2 Å². The maximum atomic E-state index is 9.59. The third-order valence-electron chi connectivity index (χ3n) is 2.73. The van der Waals surface area contributed by atoms with Gasteiger partial charge in [0.05, 0.1) is 12.7 Å². The highest BCUT2D eigenvalue weighted by Crippen LogP contribution is 2.21. The summed E-state index contributed by atoms with van der Waals surface area (Å²) in [6.45, 7) is 2.74. The van der Waals surface area contributed by atoms with Gasteiger partial charge >= 0.3 is 0 Å². The van der Waals surface area contributed by atoms with E-state index in [9.17, 15) is 5.11 Å². The summed E-state index contributed by atoms with van der Waals surface area (Å²) in [5.74, 6) is 1.17. The second-order valence-electron chi connectivity index (χ2n) is 4.17. The fourth-order valence-electron chi connectivity index (χ4n) is 1.74. The Balaban J connectivity index is 2.11. The van der Waals surface area contributed by atoms with Crippen molar-refractivity contribution in [2.24, 2.45) is 0 Å². The van der Waals surface area contributed by atoms with E-state index in [0.29, 0.717) is 30.5 Å². The molecule has 0 aromatic carbocycles. The number of anilines is 1. The Kier molecular flexibility index (Phi) is 4.52. The number of ether oxygens (including phenoxy) is 1. The Bertz CT molecular complexity index is 559. The van der Waals surface area contributed by atoms with Gasteiger partial charge in [0.25, 0.3) is 5.78 Å². The number of hydrogen-bond donors (Lipinski definition) is 2. The van der Waals surface area contributed by atoms with Gasteiger partial charge in [-0.3, -0.25) is 0 Å². The Morgan fingerprint density at radius 1 is 1.58 bits per heavy atom. The second-order valence-corrected chi connectivity index (χ2v) is 4.53. The molecule has 104 valence electrons. The topological polar surface area (TPSA) is 84.6 Å². The van der Waals surface area contributed by atoms with Gasteiger partial charge in [0, 0.05) is 19.2 Å². The quantitative estimate of drug-likeness (QED) is 0.767. The molecule has 0 amide bonds. The van der Waals surface area contributed by atoms with Gasteiger partial charge < -0.3 is 15.2 Å². The molecule has 2 aromatic heterocycles. The zero-order chi connectivity index (χ0) is 13.8. The van der Waals surface area contributed by atoms with Crippen LogP contribution in [-0.2, 0) is 4.74 Å². The van der Waals surface area contributed by atoms with Crippen molar-refractivity contribution in [2.75, 3.05) is 25.6 Å². The van der Waals surface area contributed by atoms with E-state index in [1.807, 2.05) is 6.92 Å². The first kappa shape index (κ1) is 14.0. The van der Waals surface area contributed by atoms with Gasteiger partial charge in [-0.15, -0.1) is 0 Å². The minimum absolute atomic E-state index is 0.316. The van der Waals surface area contributed by atoms with E-state index in [4.69, 9.17) is 16.3 Å². The van der Waals surface area contributed by atoms with Gasteiger partial charge in [0.15, 0.2) is 0 Å². The maximum absolute atomic E-state index is 9.59. The van der Waals surface area contributed by atoms with Gasteiger partial charge in [-0.05, 0) is 13.3 Å². The van der Waals surface area contributed by atoms with Crippen LogP contribution in [-0.4, -0.2) is 51.1 Å². The van der Waals surface area contributed by atoms with E-state index >= 15 is 0 Å². The van der Waals surface area contributed by atoms with Crippen molar-refractivity contribution in [1.82, 2.24) is 19.6 Å². The summed E-state index contributed by atoms with van der Waals surface area (Å²) in [5, 5.41) is 17.3. The summed E-state index contributed by atoms with van der Waals surface area (Å²) in [6.07, 6.45) is 1.48. The lowest BCUT2D eigenvalue weighted by molar-refractivity contribution is 0.0615. The van der Waals surface area contributed by atoms with E-state index in [-0.39, 0.29) is 0 Å². The van der Waals surface area contributed by atoms with Crippen LogP contribution in [0, 0.1) is 6.92 Å². The van der Waals surface area contributed by atoms with E-state index in [1.165, 1.54) is 6.33 Å². The molecule has 1 atom stereocenters. The molecule has 0 radical (unpaired) electrons. The summed E-state index contributed by atoms with van der Waals surface area (Å²) in [7, 11) is 1.56. The van der Waals surface area contributed by atoms with Crippen molar-refractivity contribution in [3.63, 3.8) is 0 Å². The van der Waals surface area contributed by atoms with Crippen LogP contribution in [0.2, 0.25) is 5.15 Å². The number of rotatable bonds is 6. The molecule has 0 saturated carbocycles. The lowest BCUT2D eigenvalue weighted by Crippen LogP contribution is -2.19. The number of hydrogen-bond acceptors (Lipinski definition) is 6. The molecule has 2 aromatic rings. The minimum atomic E-state index is -0.499. The van der Waals surface area contributed by atoms with Crippen LogP contribution < -0.4 is 5.32 Å². The monoisotopic (exact) mass is 285 g/mol. The molecular weight excluding hydrogens is 270 g/mol. The summed E-state index contributed by atoms with van der Waals surface area (Å²) in [5.41, 5.74) is 0.792. The first-order valence-electron chi connectivity index (χ1n) is 5.90. The first-order chi connectivity index (χ1) is 9.13. The van der Waals surface area contributed by atoms with E-state index in [0.717, 1.165) is 11.4 Å².